The summed E-state index contributed by atoms with van der Waals surface area (Å²) in [4.78, 5) is 16.4. The number of carbonyl (C=O) groups is 1. The lowest BCUT2D eigenvalue weighted by molar-refractivity contribution is 0.0990. The van der Waals surface area contributed by atoms with E-state index in [0.29, 0.717) is 11.6 Å². The number of imidazole rings is 1. The molecule has 8 nitrogen and oxygen atoms in total. The minimum absolute atomic E-state index is 0.147. The molecule has 0 spiro atoms. The molecule has 0 saturated heterocycles. The number of nitrogens with two attached hydrogens (primary N) is 2. The number of aromatic nitrogens is 4. The maximum absolute atomic E-state index is 12.0. The molecule has 0 saturated carbocycles. The van der Waals surface area contributed by atoms with Crippen molar-refractivity contribution >= 4 is 22.6 Å². The summed E-state index contributed by atoms with van der Waals surface area (Å²) in [7, 11) is 0. The number of fused-ring (bicyclic) bond motifs is 1. The van der Waals surface area contributed by atoms with Gasteiger partial charge >= 0.3 is 0 Å². The third-order valence-corrected chi connectivity index (χ3v) is 4.64. The average Bonchev–Trinajstić information content (AvgIpc) is 3.25. The van der Waals surface area contributed by atoms with Gasteiger partial charge in [0.05, 0.1) is 17.8 Å². The molecular formula is C19H18N6O2. The quantitative estimate of drug-likeness (QED) is 0.442. The largest absolute Gasteiger partial charge is 0.508 e. The van der Waals surface area contributed by atoms with Gasteiger partial charge in [0.1, 0.15) is 17.3 Å². The summed E-state index contributed by atoms with van der Waals surface area (Å²) in [6, 6.07) is 12.2. The van der Waals surface area contributed by atoms with Crippen LogP contribution in [-0.4, -0.2) is 30.8 Å². The summed E-state index contributed by atoms with van der Waals surface area (Å²) in [6.45, 7) is 1.91. The van der Waals surface area contributed by atoms with Crippen LogP contribution in [0.25, 0.3) is 22.3 Å². The van der Waals surface area contributed by atoms with Crippen LogP contribution < -0.4 is 11.5 Å². The predicted octanol–water partition coefficient (Wildman–Crippen LogP) is 2.42. The fourth-order valence-corrected chi connectivity index (χ4v) is 3.26. The number of phenolic OH excluding ortho intramolecular Hbond substituents is 1. The van der Waals surface area contributed by atoms with Crippen LogP contribution in [0.15, 0.2) is 48.7 Å². The Bertz CT molecular complexity index is 1160. The van der Waals surface area contributed by atoms with Crippen LogP contribution >= 0.6 is 0 Å². The lowest BCUT2D eigenvalue weighted by Crippen LogP contribution is -2.20. The summed E-state index contributed by atoms with van der Waals surface area (Å²) in [5, 5.41) is 17.4. The molecule has 4 aromatic rings. The molecule has 0 aliphatic heterocycles. The molecule has 0 radical (unpaired) electrons. The van der Waals surface area contributed by atoms with Crippen molar-refractivity contribution in [1.29, 1.82) is 0 Å². The molecule has 6 N–H and O–H groups in total. The standard InChI is InChI=1S/C19H18N6O2/c1-10(11-3-2-4-13(26)7-11)25-16(18(21)27)9-22-19(25)12-5-6-15-14(8-12)17(20)24-23-15/h2-10,26H,1H3,(H2,21,27)(H3,20,23,24)/t10-/m1/s1. The first-order chi connectivity index (χ1) is 13.0. The number of hydrogen-bond acceptors (Lipinski definition) is 5. The molecule has 27 heavy (non-hydrogen) atoms. The van der Waals surface area contributed by atoms with E-state index in [-0.39, 0.29) is 17.5 Å². The molecule has 0 fully saturated rings. The Morgan fingerprint density at radius 2 is 2.07 bits per heavy atom. The molecule has 1 atom stereocenters. The van der Waals surface area contributed by atoms with Gasteiger partial charge < -0.3 is 21.1 Å². The van der Waals surface area contributed by atoms with E-state index in [1.807, 2.05) is 31.2 Å². The Balaban J connectivity index is 1.90. The van der Waals surface area contributed by atoms with E-state index in [1.165, 1.54) is 6.20 Å². The Morgan fingerprint density at radius 1 is 1.26 bits per heavy atom. The van der Waals surface area contributed by atoms with Gasteiger partial charge in [0.15, 0.2) is 5.82 Å². The van der Waals surface area contributed by atoms with Crippen molar-refractivity contribution in [3.05, 3.63) is 59.9 Å². The maximum Gasteiger partial charge on any atom is 0.267 e. The van der Waals surface area contributed by atoms with E-state index in [1.54, 1.807) is 22.8 Å². The zero-order valence-electron chi connectivity index (χ0n) is 14.5. The maximum atomic E-state index is 12.0. The van der Waals surface area contributed by atoms with E-state index in [2.05, 4.69) is 15.2 Å². The number of phenols is 1. The molecule has 0 bridgehead atoms. The molecule has 0 unspecified atom stereocenters. The van der Waals surface area contributed by atoms with Gasteiger partial charge in [-0.1, -0.05) is 12.1 Å². The number of nitrogens with one attached hydrogen (secondary N) is 1. The molecule has 8 heteroatoms. The second kappa shape index (κ2) is 6.17. The third kappa shape index (κ3) is 2.77. The van der Waals surface area contributed by atoms with Crippen LogP contribution in [0.2, 0.25) is 0 Å². The molecule has 1 amide bonds. The fourth-order valence-electron chi connectivity index (χ4n) is 3.26. The van der Waals surface area contributed by atoms with Crippen LogP contribution in [0.4, 0.5) is 5.82 Å². The topological polar surface area (TPSA) is 136 Å². The van der Waals surface area contributed by atoms with Crippen LogP contribution in [0, 0.1) is 0 Å². The summed E-state index contributed by atoms with van der Waals surface area (Å²) in [6.07, 6.45) is 1.46. The summed E-state index contributed by atoms with van der Waals surface area (Å²) in [5.41, 5.74) is 14.2. The third-order valence-electron chi connectivity index (χ3n) is 4.64. The predicted molar refractivity (Wildman–Crippen MR) is 102 cm³/mol. The first kappa shape index (κ1) is 16.6. The van der Waals surface area contributed by atoms with Gasteiger partial charge in [0, 0.05) is 10.9 Å². The molecule has 2 aromatic heterocycles. The zero-order chi connectivity index (χ0) is 19.1. The summed E-state index contributed by atoms with van der Waals surface area (Å²) < 4.78 is 1.76. The Labute approximate surface area is 154 Å². The van der Waals surface area contributed by atoms with Crippen molar-refractivity contribution in [2.24, 2.45) is 5.73 Å². The Morgan fingerprint density at radius 3 is 2.81 bits per heavy atom. The zero-order valence-corrected chi connectivity index (χ0v) is 14.5. The van der Waals surface area contributed by atoms with E-state index < -0.39 is 5.91 Å². The number of primary amides is 1. The van der Waals surface area contributed by atoms with E-state index >= 15 is 0 Å². The minimum Gasteiger partial charge on any atom is -0.508 e. The molecular weight excluding hydrogens is 344 g/mol. The minimum atomic E-state index is -0.579. The monoisotopic (exact) mass is 362 g/mol. The van der Waals surface area contributed by atoms with Gasteiger partial charge in [0.25, 0.3) is 5.91 Å². The number of amides is 1. The molecule has 4 rings (SSSR count). The normalized spacial score (nSPS) is 12.3. The van der Waals surface area contributed by atoms with Crippen molar-refractivity contribution in [2.75, 3.05) is 5.73 Å². The summed E-state index contributed by atoms with van der Waals surface area (Å²) in [5.74, 6) is 0.530. The number of rotatable bonds is 4. The molecule has 2 heterocycles. The molecule has 2 aromatic carbocycles. The average molecular weight is 362 g/mol. The second-order valence-corrected chi connectivity index (χ2v) is 6.34. The van der Waals surface area contributed by atoms with E-state index in [4.69, 9.17) is 11.5 Å². The number of H-pyrrole nitrogens is 1. The first-order valence-electron chi connectivity index (χ1n) is 8.35. The van der Waals surface area contributed by atoms with Gasteiger partial charge in [0.2, 0.25) is 0 Å². The fraction of sp³-hybridized carbons (Fsp3) is 0.105. The number of hydrogen-bond donors (Lipinski definition) is 4. The van der Waals surface area contributed by atoms with Gasteiger partial charge in [-0.15, -0.1) is 0 Å². The van der Waals surface area contributed by atoms with Crippen LogP contribution in [-0.2, 0) is 0 Å². The van der Waals surface area contributed by atoms with Crippen molar-refractivity contribution < 1.29 is 9.90 Å². The highest BCUT2D eigenvalue weighted by Gasteiger charge is 2.22. The van der Waals surface area contributed by atoms with Crippen LogP contribution in [0.1, 0.15) is 29.0 Å². The first-order valence-corrected chi connectivity index (χ1v) is 8.35. The van der Waals surface area contributed by atoms with Crippen molar-refractivity contribution in [3.8, 4) is 17.1 Å². The highest BCUT2D eigenvalue weighted by molar-refractivity contribution is 5.94. The number of anilines is 1. The number of aromatic amines is 1. The lowest BCUT2D eigenvalue weighted by Gasteiger charge is -2.19. The highest BCUT2D eigenvalue weighted by Crippen LogP contribution is 2.31. The number of benzene rings is 2. The molecule has 136 valence electrons. The van der Waals surface area contributed by atoms with E-state index in [9.17, 15) is 9.90 Å². The highest BCUT2D eigenvalue weighted by atomic mass is 16.3. The van der Waals surface area contributed by atoms with Crippen molar-refractivity contribution in [1.82, 2.24) is 19.7 Å². The SMILES string of the molecule is C[C@H](c1cccc(O)c1)n1c(C(N)=O)cnc1-c1ccc2[nH]nc(N)c2c1. The van der Waals surface area contributed by atoms with Crippen LogP contribution in [0.5, 0.6) is 5.75 Å². The number of aromatic hydroxyl groups is 1. The van der Waals surface area contributed by atoms with Gasteiger partial charge in [-0.2, -0.15) is 5.10 Å². The number of nitrogens with zero attached hydrogens (tertiary/aromatic N) is 3. The van der Waals surface area contributed by atoms with Crippen molar-refractivity contribution in [3.63, 3.8) is 0 Å². The van der Waals surface area contributed by atoms with Gasteiger partial charge in [-0.25, -0.2) is 4.98 Å². The number of nitrogen functional groups attached to an aromatic ring is 1. The Hall–Kier alpha value is -3.81. The van der Waals surface area contributed by atoms with Gasteiger partial charge in [-0.05, 0) is 42.8 Å². The lowest BCUT2D eigenvalue weighted by atomic mass is 10.1. The van der Waals surface area contributed by atoms with Crippen LogP contribution in [0.3, 0.4) is 0 Å². The summed E-state index contributed by atoms with van der Waals surface area (Å²) >= 11 is 0. The second-order valence-electron chi connectivity index (χ2n) is 6.34. The molecule has 0 aliphatic rings. The smallest absolute Gasteiger partial charge is 0.267 e. The van der Waals surface area contributed by atoms with Gasteiger partial charge in [-0.3, -0.25) is 9.89 Å². The van der Waals surface area contributed by atoms with Crippen molar-refractivity contribution in [2.45, 2.75) is 13.0 Å². The van der Waals surface area contributed by atoms with E-state index in [0.717, 1.165) is 22.0 Å². The molecule has 0 aliphatic carbocycles. The Kier molecular flexibility index (Phi) is 3.80. The number of carbonyl (C=O) groups excluding carboxylic acids is 1.